The highest BCUT2D eigenvalue weighted by molar-refractivity contribution is 5.81. The molecule has 3 atom stereocenters. The molecule has 1 aromatic rings. The minimum absolute atomic E-state index is 0.188. The molecule has 6 heteroatoms. The molecule has 0 N–H and O–H groups in total. The number of ether oxygens (including phenoxy) is 1. The van der Waals surface area contributed by atoms with Crippen LogP contribution in [0.3, 0.4) is 0 Å². The highest BCUT2D eigenvalue weighted by Gasteiger charge is 2.43. The molecule has 0 radical (unpaired) electrons. The van der Waals surface area contributed by atoms with Gasteiger partial charge in [-0.05, 0) is 45.1 Å². The highest BCUT2D eigenvalue weighted by atomic mass is 16.5. The maximum Gasteiger partial charge on any atom is 0.251 e. The summed E-state index contributed by atoms with van der Waals surface area (Å²) in [7, 11) is 0. The van der Waals surface area contributed by atoms with E-state index in [2.05, 4.69) is 10.1 Å². The summed E-state index contributed by atoms with van der Waals surface area (Å²) in [5, 5.41) is 4.07. The number of piperidine rings is 1. The third-order valence-corrected chi connectivity index (χ3v) is 5.39. The van der Waals surface area contributed by atoms with Crippen LogP contribution in [-0.4, -0.2) is 59.3 Å². The smallest absolute Gasteiger partial charge is 0.251 e. The molecule has 4 rings (SSSR count). The van der Waals surface area contributed by atoms with E-state index in [4.69, 9.17) is 9.26 Å². The van der Waals surface area contributed by atoms with E-state index in [1.165, 1.54) is 0 Å². The molecule has 1 aromatic heterocycles. The van der Waals surface area contributed by atoms with Crippen molar-refractivity contribution in [3.05, 3.63) is 17.5 Å². The molecule has 3 aliphatic rings. The zero-order valence-electron chi connectivity index (χ0n) is 13.7. The van der Waals surface area contributed by atoms with E-state index in [-0.39, 0.29) is 18.1 Å². The van der Waals surface area contributed by atoms with Crippen LogP contribution in [0.25, 0.3) is 0 Å². The number of likely N-dealkylation sites (tertiary alicyclic amines) is 2. The third-order valence-electron chi connectivity index (χ3n) is 5.39. The van der Waals surface area contributed by atoms with Crippen LogP contribution in [0.4, 0.5) is 0 Å². The Bertz CT molecular complexity index is 567. The standard InChI is InChI=1S/C17H25N3O3/c1-12-8-14(18-23-12)10-19-7-4-13-9-15(22-16(13)11-19)17(21)20-5-2-3-6-20/h8,13,15-16H,2-7,9-11H2,1H3/t13-,15-,16+/m1/s1. The zero-order chi connectivity index (χ0) is 15.8. The molecule has 4 heterocycles. The first-order valence-corrected chi connectivity index (χ1v) is 8.78. The van der Waals surface area contributed by atoms with Crippen molar-refractivity contribution in [3.63, 3.8) is 0 Å². The van der Waals surface area contributed by atoms with E-state index in [0.29, 0.717) is 5.92 Å². The van der Waals surface area contributed by atoms with Crippen molar-refractivity contribution in [2.45, 2.75) is 51.4 Å². The number of aryl methyl sites for hydroxylation is 1. The fourth-order valence-corrected chi connectivity index (χ4v) is 4.16. The molecule has 126 valence electrons. The number of hydrogen-bond acceptors (Lipinski definition) is 5. The SMILES string of the molecule is Cc1cc(CN2CC[C@@H]3C[C@H](C(=O)N4CCCC4)O[C@H]3C2)no1. The second-order valence-electron chi connectivity index (χ2n) is 7.14. The Morgan fingerprint density at radius 1 is 1.35 bits per heavy atom. The maximum absolute atomic E-state index is 12.5. The summed E-state index contributed by atoms with van der Waals surface area (Å²) >= 11 is 0. The minimum Gasteiger partial charge on any atom is -0.364 e. The van der Waals surface area contributed by atoms with Crippen molar-refractivity contribution >= 4 is 5.91 Å². The third kappa shape index (κ3) is 3.15. The van der Waals surface area contributed by atoms with Crippen LogP contribution in [0, 0.1) is 12.8 Å². The fourth-order valence-electron chi connectivity index (χ4n) is 4.16. The van der Waals surface area contributed by atoms with Gasteiger partial charge >= 0.3 is 0 Å². The van der Waals surface area contributed by atoms with Gasteiger partial charge in [0.2, 0.25) is 0 Å². The summed E-state index contributed by atoms with van der Waals surface area (Å²) in [5.74, 6) is 1.60. The lowest BCUT2D eigenvalue weighted by Crippen LogP contribution is -2.42. The molecule has 0 saturated carbocycles. The van der Waals surface area contributed by atoms with Crippen molar-refractivity contribution in [3.8, 4) is 0 Å². The number of fused-ring (bicyclic) bond motifs is 1. The van der Waals surface area contributed by atoms with Gasteiger partial charge in [0, 0.05) is 32.2 Å². The summed E-state index contributed by atoms with van der Waals surface area (Å²) in [6, 6.07) is 1.99. The minimum atomic E-state index is -0.211. The first kappa shape index (κ1) is 15.1. The summed E-state index contributed by atoms with van der Waals surface area (Å²) < 4.78 is 11.3. The molecule has 0 aliphatic carbocycles. The first-order valence-electron chi connectivity index (χ1n) is 8.78. The number of carbonyl (C=O) groups is 1. The van der Waals surface area contributed by atoms with Crippen molar-refractivity contribution in [2.75, 3.05) is 26.2 Å². The number of rotatable bonds is 3. The Kier molecular flexibility index (Phi) is 4.11. The molecule has 0 spiro atoms. The van der Waals surface area contributed by atoms with Gasteiger partial charge in [-0.1, -0.05) is 5.16 Å². The van der Waals surface area contributed by atoms with Crippen LogP contribution in [0.1, 0.15) is 37.1 Å². The van der Waals surface area contributed by atoms with E-state index in [9.17, 15) is 4.79 Å². The quantitative estimate of drug-likeness (QED) is 0.847. The molecule has 1 amide bonds. The van der Waals surface area contributed by atoms with Gasteiger partial charge in [0.05, 0.1) is 11.8 Å². The number of carbonyl (C=O) groups excluding carboxylic acids is 1. The lowest BCUT2D eigenvalue weighted by Gasteiger charge is -2.33. The molecule has 0 unspecified atom stereocenters. The second kappa shape index (κ2) is 6.24. The molecular formula is C17H25N3O3. The fraction of sp³-hybridized carbons (Fsp3) is 0.765. The van der Waals surface area contributed by atoms with Crippen molar-refractivity contribution < 1.29 is 14.1 Å². The second-order valence-corrected chi connectivity index (χ2v) is 7.14. The van der Waals surface area contributed by atoms with Gasteiger partial charge in [-0.3, -0.25) is 9.69 Å². The largest absolute Gasteiger partial charge is 0.364 e. The Morgan fingerprint density at radius 3 is 2.91 bits per heavy atom. The molecule has 23 heavy (non-hydrogen) atoms. The zero-order valence-corrected chi connectivity index (χ0v) is 13.7. The van der Waals surface area contributed by atoms with Gasteiger partial charge in [-0.25, -0.2) is 0 Å². The lowest BCUT2D eigenvalue weighted by molar-refractivity contribution is -0.142. The summed E-state index contributed by atoms with van der Waals surface area (Å²) in [4.78, 5) is 16.9. The summed E-state index contributed by atoms with van der Waals surface area (Å²) in [6.45, 7) is 6.46. The average molecular weight is 319 g/mol. The van der Waals surface area contributed by atoms with Gasteiger partial charge in [0.1, 0.15) is 11.9 Å². The predicted molar refractivity (Wildman–Crippen MR) is 83.7 cm³/mol. The summed E-state index contributed by atoms with van der Waals surface area (Å²) in [5.41, 5.74) is 0.976. The first-order chi connectivity index (χ1) is 11.2. The van der Waals surface area contributed by atoms with Gasteiger partial charge in [0.25, 0.3) is 5.91 Å². The maximum atomic E-state index is 12.5. The molecule has 3 aliphatic heterocycles. The Morgan fingerprint density at radius 2 is 2.17 bits per heavy atom. The van der Waals surface area contributed by atoms with Crippen LogP contribution in [0.15, 0.2) is 10.6 Å². The van der Waals surface area contributed by atoms with Gasteiger partial charge in [0.15, 0.2) is 0 Å². The molecule has 3 saturated heterocycles. The van der Waals surface area contributed by atoms with E-state index >= 15 is 0 Å². The van der Waals surface area contributed by atoms with Crippen LogP contribution in [-0.2, 0) is 16.1 Å². The molecular weight excluding hydrogens is 294 g/mol. The normalized spacial score (nSPS) is 31.5. The Balaban J connectivity index is 1.34. The van der Waals surface area contributed by atoms with Crippen molar-refractivity contribution in [2.24, 2.45) is 5.92 Å². The molecule has 0 aromatic carbocycles. The van der Waals surface area contributed by atoms with Gasteiger partial charge in [-0.2, -0.15) is 0 Å². The van der Waals surface area contributed by atoms with Gasteiger partial charge in [-0.15, -0.1) is 0 Å². The van der Waals surface area contributed by atoms with Crippen LogP contribution in [0.5, 0.6) is 0 Å². The lowest BCUT2D eigenvalue weighted by atomic mass is 9.91. The van der Waals surface area contributed by atoms with E-state index in [1.54, 1.807) is 0 Å². The van der Waals surface area contributed by atoms with Crippen LogP contribution < -0.4 is 0 Å². The van der Waals surface area contributed by atoms with Crippen molar-refractivity contribution in [1.29, 1.82) is 0 Å². The highest BCUT2D eigenvalue weighted by Crippen LogP contribution is 2.34. The topological polar surface area (TPSA) is 58.8 Å². The molecule has 3 fully saturated rings. The predicted octanol–water partition coefficient (Wildman–Crippen LogP) is 1.58. The molecule has 0 bridgehead atoms. The Hall–Kier alpha value is -1.40. The Labute approximate surface area is 136 Å². The number of aromatic nitrogens is 1. The van der Waals surface area contributed by atoms with Crippen molar-refractivity contribution in [1.82, 2.24) is 15.0 Å². The number of amides is 1. The van der Waals surface area contributed by atoms with Crippen LogP contribution >= 0.6 is 0 Å². The summed E-state index contributed by atoms with van der Waals surface area (Å²) in [6.07, 6.45) is 4.25. The monoisotopic (exact) mass is 319 g/mol. The van der Waals surface area contributed by atoms with E-state index < -0.39 is 0 Å². The number of nitrogens with zero attached hydrogens (tertiary/aromatic N) is 3. The van der Waals surface area contributed by atoms with E-state index in [0.717, 1.165) is 69.9 Å². The molecule has 6 nitrogen and oxygen atoms in total. The van der Waals surface area contributed by atoms with Gasteiger partial charge < -0.3 is 14.2 Å². The number of hydrogen-bond donors (Lipinski definition) is 0. The van der Waals surface area contributed by atoms with Crippen LogP contribution in [0.2, 0.25) is 0 Å². The average Bonchev–Trinajstić information content (AvgIpc) is 3.26. The van der Waals surface area contributed by atoms with E-state index in [1.807, 2.05) is 17.9 Å².